The third-order valence-corrected chi connectivity index (χ3v) is 7.75. The summed E-state index contributed by atoms with van der Waals surface area (Å²) in [6, 6.07) is 20.6. The topological polar surface area (TPSA) is 137 Å². The molecule has 11 heteroatoms. The van der Waals surface area contributed by atoms with E-state index >= 15 is 0 Å². The third-order valence-electron chi connectivity index (χ3n) is 7.75. The Balaban J connectivity index is 1.46. The molecule has 0 radical (unpaired) electrons. The highest BCUT2D eigenvalue weighted by Gasteiger charge is 2.24. The molecule has 2 aliphatic rings. The minimum absolute atomic E-state index is 0.0975. The van der Waals surface area contributed by atoms with Crippen molar-refractivity contribution in [3.8, 4) is 28.2 Å². The van der Waals surface area contributed by atoms with Crippen LogP contribution in [-0.2, 0) is 4.74 Å². The van der Waals surface area contributed by atoms with Gasteiger partial charge in [0.1, 0.15) is 23.7 Å². The van der Waals surface area contributed by atoms with E-state index in [0.29, 0.717) is 23.5 Å². The van der Waals surface area contributed by atoms with Crippen LogP contribution in [0, 0.1) is 24.0 Å². The second-order valence-electron chi connectivity index (χ2n) is 11.0. The Hall–Kier alpha value is -5.71. The van der Waals surface area contributed by atoms with E-state index in [1.165, 1.54) is 29.2 Å². The Morgan fingerprint density at radius 2 is 1.72 bits per heavy atom. The summed E-state index contributed by atoms with van der Waals surface area (Å²) in [6.45, 7) is 9.45. The van der Waals surface area contributed by atoms with Crippen LogP contribution in [0.4, 0.5) is 16.2 Å². The quantitative estimate of drug-likeness (QED) is 0.0552. The SMILES string of the molecule is CCN=c1cc2oc3cc(NCC)c(C)cc3c(-c3ccccc3C(=O)N(C)CCOC(=O)Oc3ccc([N+](=O)[O-])cc3)c-2cc1C. The number of benzene rings is 4. The second-order valence-corrected chi connectivity index (χ2v) is 11.0. The lowest BCUT2D eigenvalue weighted by Crippen LogP contribution is -2.31. The number of nitro benzene ring substituents is 1. The fourth-order valence-corrected chi connectivity index (χ4v) is 5.42. The first kappa shape index (κ1) is 32.7. The maximum Gasteiger partial charge on any atom is 0.513 e. The molecule has 1 heterocycles. The highest BCUT2D eigenvalue weighted by atomic mass is 16.7. The van der Waals surface area contributed by atoms with Crippen LogP contribution in [0.5, 0.6) is 5.75 Å². The molecule has 11 nitrogen and oxygen atoms in total. The standard InChI is InChI=1S/C36H36N4O7/c1-6-37-30-20-32-28(18-22(30)3)34(29-19-23(4)31(38-7-2)21-33(29)47-32)26-10-8-9-11-27(26)35(41)39(5)16-17-45-36(42)46-25-14-12-24(13-15-25)40(43)44/h8-15,18-21,37H,6-7,16-17H2,1-5H3. The predicted molar refractivity (Wildman–Crippen MR) is 180 cm³/mol. The zero-order valence-electron chi connectivity index (χ0n) is 27.0. The molecule has 0 saturated heterocycles. The maximum atomic E-state index is 13.9. The van der Waals surface area contributed by atoms with E-state index < -0.39 is 11.1 Å². The van der Waals surface area contributed by atoms with Crippen molar-refractivity contribution in [1.82, 2.24) is 4.90 Å². The van der Waals surface area contributed by atoms with Crippen molar-refractivity contribution in [2.24, 2.45) is 4.99 Å². The van der Waals surface area contributed by atoms with Crippen molar-refractivity contribution in [2.75, 3.05) is 38.6 Å². The van der Waals surface area contributed by atoms with Crippen molar-refractivity contribution >= 4 is 34.4 Å². The summed E-state index contributed by atoms with van der Waals surface area (Å²) in [5.41, 5.74) is 6.51. The van der Waals surface area contributed by atoms with Gasteiger partial charge in [-0.2, -0.15) is 0 Å². The van der Waals surface area contributed by atoms with Gasteiger partial charge in [0, 0.05) is 72.2 Å². The van der Waals surface area contributed by atoms with Crippen LogP contribution < -0.4 is 15.4 Å². The molecule has 0 saturated carbocycles. The molecular formula is C36H36N4O7. The van der Waals surface area contributed by atoms with E-state index in [0.717, 1.165) is 50.8 Å². The van der Waals surface area contributed by atoms with E-state index in [2.05, 4.69) is 22.4 Å². The number of carbonyl (C=O) groups excluding carboxylic acids is 2. The van der Waals surface area contributed by atoms with Crippen LogP contribution in [0.3, 0.4) is 0 Å². The van der Waals surface area contributed by atoms with Gasteiger partial charge in [-0.05, 0) is 74.7 Å². The number of rotatable bonds is 10. The first-order chi connectivity index (χ1) is 22.6. The number of ether oxygens (including phenoxy) is 2. The lowest BCUT2D eigenvalue weighted by Gasteiger charge is -2.22. The molecule has 242 valence electrons. The number of hydrogen-bond acceptors (Lipinski definition) is 9. The molecule has 1 aliphatic heterocycles. The molecule has 0 fully saturated rings. The number of likely N-dealkylation sites (N-methyl/N-ethyl adjacent to an activating group) is 1. The molecule has 5 rings (SSSR count). The van der Waals surface area contributed by atoms with Crippen LogP contribution in [-0.4, -0.2) is 55.2 Å². The molecule has 0 bridgehead atoms. The van der Waals surface area contributed by atoms with Crippen LogP contribution in [0.2, 0.25) is 0 Å². The minimum Gasteiger partial charge on any atom is -0.456 e. The van der Waals surface area contributed by atoms with Crippen LogP contribution >= 0.6 is 0 Å². The van der Waals surface area contributed by atoms with Gasteiger partial charge in [-0.3, -0.25) is 19.9 Å². The van der Waals surface area contributed by atoms with Crippen LogP contribution in [0.15, 0.2) is 82.2 Å². The van der Waals surface area contributed by atoms with Crippen LogP contribution in [0.1, 0.15) is 35.3 Å². The number of carbonyl (C=O) groups is 2. The highest BCUT2D eigenvalue weighted by Crippen LogP contribution is 2.43. The second kappa shape index (κ2) is 14.2. The molecule has 0 spiro atoms. The van der Waals surface area contributed by atoms with Gasteiger partial charge < -0.3 is 24.1 Å². The summed E-state index contributed by atoms with van der Waals surface area (Å²) in [4.78, 5) is 42.6. The molecule has 1 amide bonds. The molecule has 0 aromatic heterocycles. The predicted octanol–water partition coefficient (Wildman–Crippen LogP) is 7.37. The molecule has 0 atom stereocenters. The van der Waals surface area contributed by atoms with Gasteiger partial charge in [0.05, 0.1) is 16.8 Å². The summed E-state index contributed by atoms with van der Waals surface area (Å²) in [5.74, 6) is 0.504. The first-order valence-electron chi connectivity index (χ1n) is 15.3. The molecular weight excluding hydrogens is 600 g/mol. The Morgan fingerprint density at radius 3 is 2.43 bits per heavy atom. The summed E-state index contributed by atoms with van der Waals surface area (Å²) < 4.78 is 16.8. The number of amides is 1. The lowest BCUT2D eigenvalue weighted by molar-refractivity contribution is -0.384. The average molecular weight is 637 g/mol. The van der Waals surface area contributed by atoms with Gasteiger partial charge in [-0.15, -0.1) is 0 Å². The molecule has 3 aromatic carbocycles. The number of non-ortho nitro benzene ring substituents is 1. The van der Waals surface area contributed by atoms with Gasteiger partial charge in [-0.25, -0.2) is 4.79 Å². The smallest absolute Gasteiger partial charge is 0.456 e. The van der Waals surface area contributed by atoms with E-state index in [4.69, 9.17) is 13.9 Å². The van der Waals surface area contributed by atoms with E-state index in [1.807, 2.05) is 58.0 Å². The van der Waals surface area contributed by atoms with Crippen molar-refractivity contribution < 1.29 is 28.4 Å². The van der Waals surface area contributed by atoms with Gasteiger partial charge in [0.2, 0.25) is 0 Å². The zero-order chi connectivity index (χ0) is 33.7. The first-order valence-corrected chi connectivity index (χ1v) is 15.3. The number of anilines is 1. The van der Waals surface area contributed by atoms with Crippen molar-refractivity contribution in [3.05, 3.63) is 105 Å². The molecule has 47 heavy (non-hydrogen) atoms. The Bertz CT molecular complexity index is 2000. The zero-order valence-corrected chi connectivity index (χ0v) is 27.0. The van der Waals surface area contributed by atoms with Crippen molar-refractivity contribution in [2.45, 2.75) is 27.7 Å². The number of aryl methyl sites for hydroxylation is 2. The van der Waals surface area contributed by atoms with Crippen molar-refractivity contribution in [1.29, 1.82) is 0 Å². The number of nitro groups is 1. The average Bonchev–Trinajstić information content (AvgIpc) is 3.05. The van der Waals surface area contributed by atoms with Gasteiger partial charge in [0.25, 0.3) is 11.6 Å². The molecule has 1 N–H and O–H groups in total. The number of nitrogens with one attached hydrogen (secondary N) is 1. The summed E-state index contributed by atoms with van der Waals surface area (Å²) in [7, 11) is 1.64. The molecule has 3 aromatic rings. The fraction of sp³-hybridized carbons (Fsp3) is 0.250. The number of nitrogens with zero attached hydrogens (tertiary/aromatic N) is 3. The summed E-state index contributed by atoms with van der Waals surface area (Å²) in [5, 5.41) is 16.0. The number of fused-ring (bicyclic) bond motifs is 2. The Kier molecular flexibility index (Phi) is 9.84. The van der Waals surface area contributed by atoms with E-state index in [9.17, 15) is 19.7 Å². The Morgan fingerprint density at radius 1 is 0.979 bits per heavy atom. The largest absolute Gasteiger partial charge is 0.513 e. The summed E-state index contributed by atoms with van der Waals surface area (Å²) >= 11 is 0. The summed E-state index contributed by atoms with van der Waals surface area (Å²) in [6.07, 6.45) is -0.983. The monoisotopic (exact) mass is 636 g/mol. The van der Waals surface area contributed by atoms with Crippen LogP contribution in [0.25, 0.3) is 33.4 Å². The maximum absolute atomic E-state index is 13.9. The van der Waals surface area contributed by atoms with Gasteiger partial charge >= 0.3 is 6.16 Å². The number of hydrogen-bond donors (Lipinski definition) is 1. The Labute approximate surface area is 271 Å². The third kappa shape index (κ3) is 7.09. The van der Waals surface area contributed by atoms with Crippen molar-refractivity contribution in [3.63, 3.8) is 0 Å². The van der Waals surface area contributed by atoms with E-state index in [-0.39, 0.29) is 30.5 Å². The highest BCUT2D eigenvalue weighted by molar-refractivity contribution is 6.09. The lowest BCUT2D eigenvalue weighted by atomic mass is 9.89. The van der Waals surface area contributed by atoms with Gasteiger partial charge in [0.15, 0.2) is 0 Å². The molecule has 0 unspecified atom stereocenters. The molecule has 1 aliphatic carbocycles. The van der Waals surface area contributed by atoms with Gasteiger partial charge in [-0.1, -0.05) is 18.2 Å². The fourth-order valence-electron chi connectivity index (χ4n) is 5.42. The van der Waals surface area contributed by atoms with E-state index in [1.54, 1.807) is 13.1 Å². The normalized spacial score (nSPS) is 11.5. The minimum atomic E-state index is -0.983.